The second-order valence-electron chi connectivity index (χ2n) is 9.24. The third kappa shape index (κ3) is 6.70. The molecule has 2 heterocycles. The summed E-state index contributed by atoms with van der Waals surface area (Å²) in [6, 6.07) is 12.6. The van der Waals surface area contributed by atoms with Crippen LogP contribution >= 0.6 is 0 Å². The summed E-state index contributed by atoms with van der Waals surface area (Å²) in [6.45, 7) is 4.92. The molecular formula is C26H36N4O2. The Labute approximate surface area is 191 Å². The monoisotopic (exact) mass is 436 g/mol. The Hall–Kier alpha value is -2.60. The van der Waals surface area contributed by atoms with Crippen molar-refractivity contribution in [2.24, 2.45) is 5.92 Å². The van der Waals surface area contributed by atoms with Crippen molar-refractivity contribution in [3.63, 3.8) is 0 Å². The third-order valence-corrected chi connectivity index (χ3v) is 6.60. The number of pyridine rings is 1. The number of carbonyl (C=O) groups excluding carboxylic acids is 1. The first-order chi connectivity index (χ1) is 15.7. The van der Waals surface area contributed by atoms with Crippen molar-refractivity contribution in [2.45, 2.75) is 64.0 Å². The van der Waals surface area contributed by atoms with Crippen molar-refractivity contribution in [1.29, 1.82) is 0 Å². The molecule has 1 aliphatic heterocycles. The molecule has 2 aliphatic rings. The normalized spacial score (nSPS) is 18.5. The van der Waals surface area contributed by atoms with Crippen LogP contribution in [0.15, 0.2) is 48.8 Å². The molecule has 1 saturated heterocycles. The molecule has 2 fully saturated rings. The molecule has 4 rings (SSSR count). The number of rotatable bonds is 9. The van der Waals surface area contributed by atoms with Gasteiger partial charge in [-0.15, -0.1) is 0 Å². The van der Waals surface area contributed by atoms with Crippen LogP contribution in [0.5, 0.6) is 5.75 Å². The molecule has 6 nitrogen and oxygen atoms in total. The Kier molecular flexibility index (Phi) is 7.99. The van der Waals surface area contributed by atoms with Crippen molar-refractivity contribution in [2.75, 3.05) is 29.9 Å². The van der Waals surface area contributed by atoms with Crippen LogP contribution in [0.25, 0.3) is 0 Å². The average Bonchev–Trinajstić information content (AvgIpc) is 3.32. The fourth-order valence-electron chi connectivity index (χ4n) is 4.83. The number of benzene rings is 1. The summed E-state index contributed by atoms with van der Waals surface area (Å²) in [5.74, 6) is 1.54. The van der Waals surface area contributed by atoms with E-state index in [-0.39, 0.29) is 12.0 Å². The van der Waals surface area contributed by atoms with Crippen molar-refractivity contribution in [1.82, 2.24) is 10.3 Å². The standard InChI is InChI=1S/C26H36N4O2/c1-20(32-25-10-5-13-27-19-25)18-28-22-11-14-30(15-12-22)24-9-4-8-23(17-24)29-26(31)16-21-6-2-3-7-21/h4-5,8-10,13,17,19-22,28H,2-3,6-7,11-12,14-16,18H2,1H3,(H,29,31)/t20-/m1/s1. The first kappa shape index (κ1) is 22.6. The van der Waals surface area contributed by atoms with E-state index < -0.39 is 0 Å². The van der Waals surface area contributed by atoms with Gasteiger partial charge in [0.1, 0.15) is 11.9 Å². The van der Waals surface area contributed by atoms with Gasteiger partial charge in [0.25, 0.3) is 0 Å². The largest absolute Gasteiger partial charge is 0.488 e. The zero-order valence-corrected chi connectivity index (χ0v) is 19.1. The molecular weight excluding hydrogens is 400 g/mol. The smallest absolute Gasteiger partial charge is 0.224 e. The lowest BCUT2D eigenvalue weighted by Crippen LogP contribution is -2.45. The second kappa shape index (κ2) is 11.3. The number of nitrogens with one attached hydrogen (secondary N) is 2. The fourth-order valence-corrected chi connectivity index (χ4v) is 4.83. The van der Waals surface area contributed by atoms with Crippen LogP contribution in [0.3, 0.4) is 0 Å². The predicted molar refractivity (Wildman–Crippen MR) is 129 cm³/mol. The third-order valence-electron chi connectivity index (χ3n) is 6.60. The van der Waals surface area contributed by atoms with Gasteiger partial charge in [-0.3, -0.25) is 9.78 Å². The highest BCUT2D eigenvalue weighted by Gasteiger charge is 2.21. The molecule has 1 atom stereocenters. The molecule has 1 aromatic carbocycles. The van der Waals surface area contributed by atoms with Crippen LogP contribution in [0.2, 0.25) is 0 Å². The van der Waals surface area contributed by atoms with Crippen LogP contribution < -0.4 is 20.3 Å². The van der Waals surface area contributed by atoms with Crippen LogP contribution in [-0.2, 0) is 4.79 Å². The molecule has 6 heteroatoms. The lowest BCUT2D eigenvalue weighted by molar-refractivity contribution is -0.117. The molecule has 0 spiro atoms. The zero-order valence-electron chi connectivity index (χ0n) is 19.1. The topological polar surface area (TPSA) is 66.5 Å². The van der Waals surface area contributed by atoms with Crippen LogP contribution in [0, 0.1) is 5.92 Å². The summed E-state index contributed by atoms with van der Waals surface area (Å²) in [6.07, 6.45) is 11.4. The van der Waals surface area contributed by atoms with Gasteiger partial charge in [-0.05, 0) is 68.9 Å². The van der Waals surface area contributed by atoms with Gasteiger partial charge in [0.05, 0.1) is 6.20 Å². The summed E-state index contributed by atoms with van der Waals surface area (Å²) in [5, 5.41) is 6.77. The van der Waals surface area contributed by atoms with Crippen molar-refractivity contribution >= 4 is 17.3 Å². The minimum atomic E-state index is 0.0988. The molecule has 0 bridgehead atoms. The number of aromatic nitrogens is 1. The number of ether oxygens (including phenoxy) is 1. The molecule has 1 aliphatic carbocycles. The van der Waals surface area contributed by atoms with E-state index in [0.29, 0.717) is 18.4 Å². The van der Waals surface area contributed by atoms with E-state index in [4.69, 9.17) is 4.74 Å². The number of hydrogen-bond donors (Lipinski definition) is 2. The molecule has 32 heavy (non-hydrogen) atoms. The maximum Gasteiger partial charge on any atom is 0.224 e. The van der Waals surface area contributed by atoms with E-state index in [1.165, 1.54) is 31.4 Å². The zero-order chi connectivity index (χ0) is 22.2. The Morgan fingerprint density at radius 1 is 1.16 bits per heavy atom. The van der Waals surface area contributed by atoms with E-state index in [1.807, 2.05) is 24.3 Å². The number of anilines is 2. The molecule has 0 unspecified atom stereocenters. The first-order valence-corrected chi connectivity index (χ1v) is 12.1. The van der Waals surface area contributed by atoms with Crippen molar-refractivity contribution < 1.29 is 9.53 Å². The molecule has 172 valence electrons. The lowest BCUT2D eigenvalue weighted by Gasteiger charge is -2.34. The van der Waals surface area contributed by atoms with Gasteiger partial charge in [-0.1, -0.05) is 18.9 Å². The number of nitrogens with zero attached hydrogens (tertiary/aromatic N) is 2. The van der Waals surface area contributed by atoms with Crippen LogP contribution in [0.4, 0.5) is 11.4 Å². The summed E-state index contributed by atoms with van der Waals surface area (Å²) in [7, 11) is 0. The Balaban J connectivity index is 1.20. The van der Waals surface area contributed by atoms with Crippen LogP contribution in [-0.4, -0.2) is 42.7 Å². The Morgan fingerprint density at radius 2 is 1.97 bits per heavy atom. The Morgan fingerprint density at radius 3 is 2.72 bits per heavy atom. The molecule has 0 radical (unpaired) electrons. The van der Waals surface area contributed by atoms with E-state index in [9.17, 15) is 4.79 Å². The van der Waals surface area contributed by atoms with Crippen LogP contribution in [0.1, 0.15) is 51.9 Å². The summed E-state index contributed by atoms with van der Waals surface area (Å²) in [4.78, 5) is 18.9. The molecule has 2 aromatic rings. The van der Waals surface area contributed by atoms with Gasteiger partial charge in [0.15, 0.2) is 0 Å². The average molecular weight is 437 g/mol. The van der Waals surface area contributed by atoms with E-state index >= 15 is 0 Å². The maximum atomic E-state index is 12.4. The van der Waals surface area contributed by atoms with E-state index in [0.717, 1.165) is 43.9 Å². The van der Waals surface area contributed by atoms with Gasteiger partial charge in [-0.2, -0.15) is 0 Å². The lowest BCUT2D eigenvalue weighted by atomic mass is 10.0. The van der Waals surface area contributed by atoms with Gasteiger partial charge >= 0.3 is 0 Å². The minimum absolute atomic E-state index is 0.0988. The first-order valence-electron chi connectivity index (χ1n) is 12.1. The van der Waals surface area contributed by atoms with E-state index in [1.54, 1.807) is 12.4 Å². The number of hydrogen-bond acceptors (Lipinski definition) is 5. The highest BCUT2D eigenvalue weighted by molar-refractivity contribution is 5.91. The highest BCUT2D eigenvalue weighted by Crippen LogP contribution is 2.28. The Bertz CT molecular complexity index is 846. The SMILES string of the molecule is C[C@H](CNC1CCN(c2cccc(NC(=O)CC3CCCC3)c2)CC1)Oc1cccnc1. The number of piperidine rings is 1. The maximum absolute atomic E-state index is 12.4. The minimum Gasteiger partial charge on any atom is -0.488 e. The van der Waals surface area contributed by atoms with E-state index in [2.05, 4.69) is 39.6 Å². The summed E-state index contributed by atoms with van der Waals surface area (Å²) >= 11 is 0. The molecule has 1 saturated carbocycles. The number of carbonyl (C=O) groups is 1. The highest BCUT2D eigenvalue weighted by atomic mass is 16.5. The predicted octanol–water partition coefficient (Wildman–Crippen LogP) is 4.63. The summed E-state index contributed by atoms with van der Waals surface area (Å²) < 4.78 is 5.91. The summed E-state index contributed by atoms with van der Waals surface area (Å²) in [5.41, 5.74) is 2.10. The molecule has 1 amide bonds. The fraction of sp³-hybridized carbons (Fsp3) is 0.538. The van der Waals surface area contributed by atoms with Gasteiger partial charge < -0.3 is 20.3 Å². The van der Waals surface area contributed by atoms with Gasteiger partial charge in [0, 0.05) is 49.7 Å². The van der Waals surface area contributed by atoms with Crippen molar-refractivity contribution in [3.05, 3.63) is 48.8 Å². The van der Waals surface area contributed by atoms with Gasteiger partial charge in [0.2, 0.25) is 5.91 Å². The van der Waals surface area contributed by atoms with Crippen molar-refractivity contribution in [3.8, 4) is 5.75 Å². The van der Waals surface area contributed by atoms with Gasteiger partial charge in [-0.25, -0.2) is 0 Å². The second-order valence-corrected chi connectivity index (χ2v) is 9.24. The number of amides is 1. The molecule has 2 N–H and O–H groups in total. The quantitative estimate of drug-likeness (QED) is 0.600. The molecule has 1 aromatic heterocycles.